The summed E-state index contributed by atoms with van der Waals surface area (Å²) in [7, 11) is 0. The van der Waals surface area contributed by atoms with Crippen molar-refractivity contribution in [1.29, 1.82) is 5.26 Å². The number of halogens is 1. The number of anilines is 1. The van der Waals surface area contributed by atoms with Gasteiger partial charge in [0.15, 0.2) is 0 Å². The van der Waals surface area contributed by atoms with Crippen molar-refractivity contribution in [3.05, 3.63) is 75.2 Å². The fourth-order valence-electron chi connectivity index (χ4n) is 1.83. The number of rotatable bonds is 6. The van der Waals surface area contributed by atoms with Crippen molar-refractivity contribution in [2.45, 2.75) is 6.54 Å². The summed E-state index contributed by atoms with van der Waals surface area (Å²) >= 11 is 5.92. The Morgan fingerprint density at radius 2 is 2.08 bits per heavy atom. The van der Waals surface area contributed by atoms with E-state index in [0.717, 1.165) is 11.6 Å². The maximum Gasteiger partial charge on any atom is 0.271 e. The van der Waals surface area contributed by atoms with Crippen molar-refractivity contribution >= 4 is 28.9 Å². The second kappa shape index (κ2) is 8.42. The van der Waals surface area contributed by atoms with E-state index in [1.807, 2.05) is 0 Å². The normalized spacial score (nSPS) is 10.6. The molecule has 0 aliphatic rings. The molecule has 0 bridgehead atoms. The highest BCUT2D eigenvalue weighted by Gasteiger charge is 2.14. The van der Waals surface area contributed by atoms with Crippen LogP contribution in [0.2, 0.25) is 5.02 Å². The van der Waals surface area contributed by atoms with Crippen molar-refractivity contribution in [3.63, 3.8) is 0 Å². The highest BCUT2D eigenvalue weighted by Crippen LogP contribution is 2.26. The quantitative estimate of drug-likeness (QED) is 0.355. The van der Waals surface area contributed by atoms with Crippen molar-refractivity contribution in [2.24, 2.45) is 0 Å². The monoisotopic (exact) mass is 357 g/mol. The molecule has 0 unspecified atom stereocenters. The lowest BCUT2D eigenvalue weighted by atomic mass is 10.2. The van der Waals surface area contributed by atoms with E-state index in [1.54, 1.807) is 30.6 Å². The highest BCUT2D eigenvalue weighted by atomic mass is 35.5. The number of hydrogen-bond donors (Lipinski definition) is 2. The smallest absolute Gasteiger partial charge is 0.271 e. The zero-order chi connectivity index (χ0) is 18.2. The van der Waals surface area contributed by atoms with Gasteiger partial charge in [-0.3, -0.25) is 19.9 Å². The number of nitro benzene ring substituents is 1. The number of aromatic nitrogens is 1. The van der Waals surface area contributed by atoms with E-state index < -0.39 is 10.8 Å². The predicted molar refractivity (Wildman–Crippen MR) is 91.5 cm³/mol. The first-order valence-corrected chi connectivity index (χ1v) is 7.37. The Morgan fingerprint density at radius 3 is 2.72 bits per heavy atom. The maximum atomic E-state index is 12.1. The zero-order valence-electron chi connectivity index (χ0n) is 12.8. The summed E-state index contributed by atoms with van der Waals surface area (Å²) in [4.78, 5) is 26.2. The van der Waals surface area contributed by atoms with Gasteiger partial charge in [-0.2, -0.15) is 5.26 Å². The molecule has 1 heterocycles. The molecule has 0 fully saturated rings. The van der Waals surface area contributed by atoms with Crippen LogP contribution in [0.25, 0.3) is 0 Å². The van der Waals surface area contributed by atoms with E-state index in [9.17, 15) is 14.9 Å². The van der Waals surface area contributed by atoms with Gasteiger partial charge >= 0.3 is 0 Å². The lowest BCUT2D eigenvalue weighted by Gasteiger charge is -2.07. The third kappa shape index (κ3) is 5.02. The molecule has 0 aliphatic heterocycles. The number of nitro groups is 1. The van der Waals surface area contributed by atoms with E-state index in [0.29, 0.717) is 6.54 Å². The van der Waals surface area contributed by atoms with E-state index in [1.165, 1.54) is 18.3 Å². The molecule has 2 N–H and O–H groups in total. The van der Waals surface area contributed by atoms with E-state index in [4.69, 9.17) is 16.9 Å². The Kier molecular flexibility index (Phi) is 6.03. The van der Waals surface area contributed by atoms with E-state index >= 15 is 0 Å². The molecule has 25 heavy (non-hydrogen) atoms. The first kappa shape index (κ1) is 17.9. The van der Waals surface area contributed by atoms with Crippen molar-refractivity contribution in [3.8, 4) is 6.07 Å². The number of carbonyl (C=O) groups excluding carboxylic acids is 1. The number of nitriles is 1. The minimum absolute atomic E-state index is 0.0520. The Hall–Kier alpha value is -3.44. The van der Waals surface area contributed by atoms with Crippen LogP contribution >= 0.6 is 11.6 Å². The summed E-state index contributed by atoms with van der Waals surface area (Å²) in [6, 6.07) is 8.98. The van der Waals surface area contributed by atoms with Crippen molar-refractivity contribution in [1.82, 2.24) is 10.3 Å². The van der Waals surface area contributed by atoms with Crippen LogP contribution < -0.4 is 10.6 Å². The van der Waals surface area contributed by atoms with Crippen LogP contribution in [0.15, 0.2) is 54.5 Å². The molecule has 0 saturated heterocycles. The van der Waals surface area contributed by atoms with Crippen LogP contribution in [-0.2, 0) is 11.3 Å². The fraction of sp³-hybridized carbons (Fsp3) is 0.0625. The molecule has 0 atom stereocenters. The van der Waals surface area contributed by atoms with Gasteiger partial charge in [0, 0.05) is 37.3 Å². The molecule has 9 heteroatoms. The summed E-state index contributed by atoms with van der Waals surface area (Å²) in [5, 5.41) is 25.3. The molecule has 1 amide bonds. The minimum Gasteiger partial charge on any atom is -0.386 e. The van der Waals surface area contributed by atoms with Gasteiger partial charge < -0.3 is 10.6 Å². The zero-order valence-corrected chi connectivity index (χ0v) is 13.5. The average molecular weight is 358 g/mol. The Morgan fingerprint density at radius 1 is 1.36 bits per heavy atom. The van der Waals surface area contributed by atoms with E-state index in [-0.39, 0.29) is 22.0 Å². The third-order valence-corrected chi connectivity index (χ3v) is 3.41. The SMILES string of the molecule is N#C/C(=C/NCc1ccncc1)C(=O)Nc1cc([N+](=O)[O-])ccc1Cl. The van der Waals surface area contributed by atoms with Gasteiger partial charge in [-0.1, -0.05) is 11.6 Å². The molecule has 0 aliphatic carbocycles. The van der Waals surface area contributed by atoms with Gasteiger partial charge in [0.1, 0.15) is 11.6 Å². The maximum absolute atomic E-state index is 12.1. The molecule has 126 valence electrons. The van der Waals surface area contributed by atoms with Gasteiger partial charge in [-0.15, -0.1) is 0 Å². The molecule has 2 aromatic rings. The van der Waals surface area contributed by atoms with Crippen molar-refractivity contribution < 1.29 is 9.72 Å². The van der Waals surface area contributed by atoms with Crippen LogP contribution in [0.3, 0.4) is 0 Å². The Balaban J connectivity index is 2.07. The summed E-state index contributed by atoms with van der Waals surface area (Å²) in [6.45, 7) is 0.401. The number of carbonyl (C=O) groups is 1. The van der Waals surface area contributed by atoms with Crippen LogP contribution in [0.4, 0.5) is 11.4 Å². The summed E-state index contributed by atoms with van der Waals surface area (Å²) in [5.41, 5.74) is 0.552. The number of amides is 1. The first-order valence-electron chi connectivity index (χ1n) is 6.99. The average Bonchev–Trinajstić information content (AvgIpc) is 2.61. The number of pyridine rings is 1. The minimum atomic E-state index is -0.730. The fourth-order valence-corrected chi connectivity index (χ4v) is 2.00. The second-order valence-electron chi connectivity index (χ2n) is 4.78. The third-order valence-electron chi connectivity index (χ3n) is 3.08. The second-order valence-corrected chi connectivity index (χ2v) is 5.19. The summed E-state index contributed by atoms with van der Waals surface area (Å²) in [5.74, 6) is -0.730. The number of benzene rings is 1. The van der Waals surface area contributed by atoms with Crippen LogP contribution in [-0.4, -0.2) is 15.8 Å². The summed E-state index contributed by atoms with van der Waals surface area (Å²) < 4.78 is 0. The van der Waals surface area contributed by atoms with Crippen LogP contribution in [0, 0.1) is 21.4 Å². The lowest BCUT2D eigenvalue weighted by Crippen LogP contribution is -2.17. The molecular weight excluding hydrogens is 346 g/mol. The van der Waals surface area contributed by atoms with Crippen molar-refractivity contribution in [2.75, 3.05) is 5.32 Å². The van der Waals surface area contributed by atoms with Gasteiger partial charge in [-0.05, 0) is 23.8 Å². The first-order chi connectivity index (χ1) is 12.0. The molecule has 0 radical (unpaired) electrons. The Bertz CT molecular complexity index is 862. The molecule has 0 spiro atoms. The van der Waals surface area contributed by atoms with Gasteiger partial charge in [0.25, 0.3) is 11.6 Å². The topological polar surface area (TPSA) is 121 Å². The van der Waals surface area contributed by atoms with Gasteiger partial charge in [0.05, 0.1) is 15.6 Å². The predicted octanol–water partition coefficient (Wildman–Crippen LogP) is 2.78. The molecule has 1 aromatic heterocycles. The molecule has 0 saturated carbocycles. The molecule has 1 aromatic carbocycles. The molecule has 2 rings (SSSR count). The number of hydrogen-bond acceptors (Lipinski definition) is 6. The number of nitrogens with one attached hydrogen (secondary N) is 2. The number of non-ortho nitro benzene ring substituents is 1. The van der Waals surface area contributed by atoms with E-state index in [2.05, 4.69) is 15.6 Å². The number of nitrogens with zero attached hydrogens (tertiary/aromatic N) is 3. The van der Waals surface area contributed by atoms with Gasteiger partial charge in [-0.25, -0.2) is 0 Å². The molecule has 8 nitrogen and oxygen atoms in total. The van der Waals surface area contributed by atoms with Gasteiger partial charge in [0.2, 0.25) is 0 Å². The largest absolute Gasteiger partial charge is 0.386 e. The molecular formula is C16H12ClN5O3. The Labute approximate surface area is 147 Å². The van der Waals surface area contributed by atoms with Crippen LogP contribution in [0.1, 0.15) is 5.56 Å². The standard InChI is InChI=1S/C16H12ClN5O3/c17-14-2-1-13(22(24)25)7-15(14)21-16(23)12(8-18)10-20-9-11-3-5-19-6-4-11/h1-7,10,20H,9H2,(H,21,23)/b12-10-. The highest BCUT2D eigenvalue weighted by molar-refractivity contribution is 6.34. The van der Waals surface area contributed by atoms with Crippen LogP contribution in [0.5, 0.6) is 0 Å². The summed E-state index contributed by atoms with van der Waals surface area (Å²) in [6.07, 6.45) is 4.52. The lowest BCUT2D eigenvalue weighted by molar-refractivity contribution is -0.384.